The summed E-state index contributed by atoms with van der Waals surface area (Å²) >= 11 is 0. The van der Waals surface area contributed by atoms with Crippen molar-refractivity contribution in [2.75, 3.05) is 0 Å². The number of rotatable bonds is 1. The molecule has 0 amide bonds. The van der Waals surface area contributed by atoms with E-state index in [1.807, 2.05) is 13.1 Å². The molecule has 1 aliphatic rings. The SMILES string of the molecule is C[Si]1(C)N[Si](C)(C)N([Si](F)(F)F)[Si](C)(C)N1. The second-order valence-corrected chi connectivity index (χ2v) is 20.9. The van der Waals surface area contributed by atoms with Crippen LogP contribution in [0.15, 0.2) is 0 Å². The van der Waals surface area contributed by atoms with Crippen molar-refractivity contribution in [3.8, 4) is 0 Å². The van der Waals surface area contributed by atoms with Crippen LogP contribution in [0.25, 0.3) is 0 Å². The maximum absolute atomic E-state index is 13.3. The molecule has 0 aliphatic carbocycles. The standard InChI is InChI=1S/C6H20F3N3Si4/c1-13(2)10-14(3,4)12(16(7,8)9)15(5,6)11-13/h10-11H,1-6H3. The van der Waals surface area contributed by atoms with Crippen LogP contribution in [0.4, 0.5) is 12.3 Å². The van der Waals surface area contributed by atoms with Crippen LogP contribution in [0.5, 0.6) is 0 Å². The Labute approximate surface area is 99.5 Å². The lowest BCUT2D eigenvalue weighted by Crippen LogP contribution is -2.91. The molecule has 0 saturated carbocycles. The molecule has 1 rings (SSSR count). The minimum absolute atomic E-state index is 0.950. The van der Waals surface area contributed by atoms with Crippen molar-refractivity contribution in [3.05, 3.63) is 0 Å². The Bertz CT molecular complexity index is 271. The predicted molar refractivity (Wildman–Crippen MR) is 69.6 cm³/mol. The molecular weight excluding hydrogens is 283 g/mol. The van der Waals surface area contributed by atoms with Crippen LogP contribution in [0.2, 0.25) is 39.3 Å². The third kappa shape index (κ3) is 2.86. The first-order valence-corrected chi connectivity index (χ1v) is 15.7. The normalized spacial score (nSPS) is 29.1. The van der Waals surface area contributed by atoms with Crippen molar-refractivity contribution in [1.29, 1.82) is 0 Å². The molecule has 0 unspecified atom stereocenters. The predicted octanol–water partition coefficient (Wildman–Crippen LogP) is 1.93. The van der Waals surface area contributed by atoms with Crippen LogP contribution in [-0.4, -0.2) is 38.3 Å². The lowest BCUT2D eigenvalue weighted by Gasteiger charge is -2.56. The van der Waals surface area contributed by atoms with Gasteiger partial charge in [0, 0.05) is 0 Å². The largest absolute Gasteiger partial charge is 0.707 e. The summed E-state index contributed by atoms with van der Waals surface area (Å²) in [5.41, 5.74) is 0. The molecular formula is C6H20F3N3Si4. The van der Waals surface area contributed by atoms with Gasteiger partial charge in [-0.3, -0.25) is 3.90 Å². The molecule has 1 aliphatic heterocycles. The van der Waals surface area contributed by atoms with Crippen molar-refractivity contribution >= 4 is 34.4 Å². The topological polar surface area (TPSA) is 27.3 Å². The van der Waals surface area contributed by atoms with Gasteiger partial charge < -0.3 is 9.30 Å². The number of nitrogens with zero attached hydrogens (tertiary/aromatic N) is 1. The van der Waals surface area contributed by atoms with E-state index in [4.69, 9.17) is 0 Å². The Balaban J connectivity index is 3.17. The molecule has 1 fully saturated rings. The number of halogens is 3. The summed E-state index contributed by atoms with van der Waals surface area (Å²) in [7, 11) is -12.7. The average Bonchev–Trinajstić information content (AvgIpc) is 1.67. The molecule has 2 N–H and O–H groups in total. The van der Waals surface area contributed by atoms with Gasteiger partial charge in [-0.15, -0.1) is 0 Å². The Morgan fingerprint density at radius 1 is 0.812 bits per heavy atom. The van der Waals surface area contributed by atoms with Crippen LogP contribution in [0.3, 0.4) is 0 Å². The summed E-state index contributed by atoms with van der Waals surface area (Å²) in [6.45, 7) is 11.2. The second-order valence-electron chi connectivity index (χ2n) is 5.80. The zero-order chi connectivity index (χ0) is 13.0. The van der Waals surface area contributed by atoms with Gasteiger partial charge in [0.05, 0.1) is 0 Å². The van der Waals surface area contributed by atoms with E-state index in [1.165, 1.54) is 0 Å². The zero-order valence-electron chi connectivity index (χ0n) is 10.6. The van der Waals surface area contributed by atoms with Crippen LogP contribution in [-0.2, 0) is 0 Å². The molecule has 1 heterocycles. The highest BCUT2D eigenvalue weighted by Gasteiger charge is 2.64. The van der Waals surface area contributed by atoms with E-state index in [0.29, 0.717) is 0 Å². The first-order valence-electron chi connectivity index (χ1n) is 5.24. The molecule has 0 radical (unpaired) electrons. The fourth-order valence-electron chi connectivity index (χ4n) is 3.01. The molecule has 0 aromatic carbocycles. The Morgan fingerprint density at radius 3 is 1.38 bits per heavy atom. The number of nitrogens with one attached hydrogen (secondary N) is 2. The fourth-order valence-corrected chi connectivity index (χ4v) is 29.6. The van der Waals surface area contributed by atoms with E-state index in [2.05, 4.69) is 9.30 Å². The van der Waals surface area contributed by atoms with E-state index >= 15 is 0 Å². The number of hydrogen-bond acceptors (Lipinski definition) is 3. The minimum atomic E-state index is -5.74. The lowest BCUT2D eigenvalue weighted by atomic mass is 11.9. The zero-order valence-corrected chi connectivity index (χ0v) is 14.6. The van der Waals surface area contributed by atoms with Crippen molar-refractivity contribution in [2.45, 2.75) is 39.3 Å². The van der Waals surface area contributed by atoms with Gasteiger partial charge in [-0.1, -0.05) is 0 Å². The maximum atomic E-state index is 13.3. The second kappa shape index (κ2) is 3.76. The van der Waals surface area contributed by atoms with Crippen LogP contribution >= 0.6 is 0 Å². The van der Waals surface area contributed by atoms with E-state index < -0.39 is 34.4 Å². The summed E-state index contributed by atoms with van der Waals surface area (Å²) < 4.78 is 47.3. The van der Waals surface area contributed by atoms with Crippen molar-refractivity contribution in [2.24, 2.45) is 0 Å². The highest BCUT2D eigenvalue weighted by molar-refractivity contribution is 7.09. The average molecular weight is 304 g/mol. The molecule has 96 valence electrons. The third-order valence-electron chi connectivity index (χ3n) is 2.61. The van der Waals surface area contributed by atoms with Crippen molar-refractivity contribution in [1.82, 2.24) is 13.2 Å². The lowest BCUT2D eigenvalue weighted by molar-refractivity contribution is 0.404. The molecule has 10 heteroatoms. The van der Waals surface area contributed by atoms with Crippen LogP contribution in [0.1, 0.15) is 0 Å². The minimum Gasteiger partial charge on any atom is -0.337 e. The van der Waals surface area contributed by atoms with Crippen molar-refractivity contribution < 1.29 is 12.3 Å². The maximum Gasteiger partial charge on any atom is 0.707 e. The Morgan fingerprint density at radius 2 is 1.12 bits per heavy atom. The summed E-state index contributed by atoms with van der Waals surface area (Å²) in [4.78, 5) is 0. The summed E-state index contributed by atoms with van der Waals surface area (Å²) in [5.74, 6) is 0. The van der Waals surface area contributed by atoms with Gasteiger partial charge >= 0.3 is 9.24 Å². The number of hydrogen-bond donors (Lipinski definition) is 2. The van der Waals surface area contributed by atoms with Crippen LogP contribution < -0.4 is 9.30 Å². The molecule has 16 heavy (non-hydrogen) atoms. The van der Waals surface area contributed by atoms with E-state index in [-0.39, 0.29) is 0 Å². The van der Waals surface area contributed by atoms with E-state index in [1.54, 1.807) is 26.2 Å². The smallest absolute Gasteiger partial charge is 0.337 e. The molecule has 0 bridgehead atoms. The summed E-state index contributed by atoms with van der Waals surface area (Å²) in [6, 6.07) is 0. The quantitative estimate of drug-likeness (QED) is 0.572. The monoisotopic (exact) mass is 303 g/mol. The van der Waals surface area contributed by atoms with Gasteiger partial charge in [-0.05, 0) is 39.3 Å². The highest BCUT2D eigenvalue weighted by atomic mass is 28.6. The van der Waals surface area contributed by atoms with Gasteiger partial charge in [-0.2, -0.15) is 0 Å². The van der Waals surface area contributed by atoms with Gasteiger partial charge in [0.2, 0.25) is 0 Å². The fraction of sp³-hybridized carbons (Fsp3) is 1.00. The van der Waals surface area contributed by atoms with Crippen LogP contribution in [0, 0.1) is 0 Å². The first kappa shape index (κ1) is 14.6. The highest BCUT2D eigenvalue weighted by Crippen LogP contribution is 2.31. The Hall–Kier alpha value is 0.538. The van der Waals surface area contributed by atoms with Gasteiger partial charge in [0.15, 0.2) is 25.2 Å². The molecule has 0 spiro atoms. The van der Waals surface area contributed by atoms with E-state index in [9.17, 15) is 12.3 Å². The van der Waals surface area contributed by atoms with Gasteiger partial charge in [0.25, 0.3) is 0 Å². The summed E-state index contributed by atoms with van der Waals surface area (Å²) in [6.07, 6.45) is 0. The Kier molecular flexibility index (Phi) is 3.43. The molecule has 0 aromatic rings. The summed E-state index contributed by atoms with van der Waals surface area (Å²) in [5, 5.41) is 0. The van der Waals surface area contributed by atoms with E-state index in [0.717, 1.165) is 3.90 Å². The molecule has 0 atom stereocenters. The van der Waals surface area contributed by atoms with Gasteiger partial charge in [0.1, 0.15) is 0 Å². The van der Waals surface area contributed by atoms with Gasteiger partial charge in [-0.25, -0.2) is 12.3 Å². The molecule has 3 nitrogen and oxygen atoms in total. The van der Waals surface area contributed by atoms with Crippen molar-refractivity contribution in [3.63, 3.8) is 0 Å². The first-order chi connectivity index (χ1) is 6.78. The third-order valence-corrected chi connectivity index (χ3v) is 23.5. The molecule has 1 saturated heterocycles. The molecule has 0 aromatic heterocycles.